The number of halogens is 1. The molecule has 1 aromatic rings. The highest BCUT2D eigenvalue weighted by atomic mass is 19.1. The molecular formula is C16H22FN. The van der Waals surface area contributed by atoms with Gasteiger partial charge in [0, 0.05) is 19.8 Å². The van der Waals surface area contributed by atoms with E-state index in [2.05, 4.69) is 43.3 Å². The minimum atomic E-state index is -0.828. The van der Waals surface area contributed by atoms with E-state index in [1.165, 1.54) is 11.3 Å². The predicted molar refractivity (Wildman–Crippen MR) is 74.0 cm³/mol. The molecule has 3 aliphatic rings. The number of hydrogen-bond acceptors (Lipinski definition) is 1. The average Bonchev–Trinajstić information content (AvgIpc) is 2.40. The van der Waals surface area contributed by atoms with Crippen LogP contribution in [0.2, 0.25) is 0 Å². The van der Waals surface area contributed by atoms with Crippen LogP contribution in [0.1, 0.15) is 44.1 Å². The van der Waals surface area contributed by atoms with Crippen molar-refractivity contribution in [3.05, 3.63) is 29.8 Å². The first-order chi connectivity index (χ1) is 8.53. The minimum Gasteiger partial charge on any atom is -0.378 e. The smallest absolute Gasteiger partial charge is 0.111 e. The lowest BCUT2D eigenvalue weighted by Gasteiger charge is -2.50. The number of hydrogen-bond donors (Lipinski definition) is 0. The lowest BCUT2D eigenvalue weighted by Crippen LogP contribution is -2.45. The van der Waals surface area contributed by atoms with Crippen LogP contribution in [0, 0.1) is 0 Å². The second-order valence-corrected chi connectivity index (χ2v) is 6.37. The molecule has 0 amide bonds. The highest BCUT2D eigenvalue weighted by Crippen LogP contribution is 2.55. The van der Waals surface area contributed by atoms with E-state index in [1.807, 2.05) is 0 Å². The van der Waals surface area contributed by atoms with Crippen LogP contribution < -0.4 is 4.90 Å². The van der Waals surface area contributed by atoms with Crippen LogP contribution in [0.4, 0.5) is 10.1 Å². The van der Waals surface area contributed by atoms with Crippen LogP contribution >= 0.6 is 0 Å². The minimum absolute atomic E-state index is 0.276. The van der Waals surface area contributed by atoms with Crippen molar-refractivity contribution in [3.63, 3.8) is 0 Å². The molecule has 3 aliphatic carbocycles. The van der Waals surface area contributed by atoms with Crippen molar-refractivity contribution >= 4 is 5.69 Å². The Hall–Kier alpha value is -1.05. The summed E-state index contributed by atoms with van der Waals surface area (Å²) in [5.41, 5.74) is 2.11. The number of anilines is 1. The molecule has 18 heavy (non-hydrogen) atoms. The Balaban J connectivity index is 1.86. The normalized spacial score (nSPS) is 34.6. The number of fused-ring (bicyclic) bond motifs is 3. The zero-order valence-corrected chi connectivity index (χ0v) is 11.4. The standard InChI is InChI=1S/C16H22FN/c1-18(2)14-5-3-13(4-6-14)15-7-10-16(17,11-8-15)12-9-15/h3-6H,7-12H2,1-2H3. The number of benzene rings is 1. The van der Waals surface area contributed by atoms with Crippen LogP contribution in [0.3, 0.4) is 0 Å². The Kier molecular flexibility index (Phi) is 2.65. The van der Waals surface area contributed by atoms with E-state index in [-0.39, 0.29) is 5.41 Å². The molecule has 2 heteroatoms. The molecule has 0 aromatic heterocycles. The van der Waals surface area contributed by atoms with E-state index in [0.29, 0.717) is 0 Å². The molecule has 3 fully saturated rings. The van der Waals surface area contributed by atoms with Gasteiger partial charge in [0.15, 0.2) is 0 Å². The molecule has 0 radical (unpaired) electrons. The molecule has 1 nitrogen and oxygen atoms in total. The lowest BCUT2D eigenvalue weighted by atomic mass is 9.57. The van der Waals surface area contributed by atoms with Gasteiger partial charge < -0.3 is 4.90 Å². The molecule has 0 heterocycles. The fourth-order valence-electron chi connectivity index (χ4n) is 3.69. The Labute approximate surface area is 109 Å². The van der Waals surface area contributed by atoms with Gasteiger partial charge >= 0.3 is 0 Å². The quantitative estimate of drug-likeness (QED) is 0.761. The van der Waals surface area contributed by atoms with E-state index in [1.54, 1.807) is 0 Å². The maximum atomic E-state index is 14.2. The van der Waals surface area contributed by atoms with Crippen molar-refractivity contribution in [2.24, 2.45) is 0 Å². The lowest BCUT2D eigenvalue weighted by molar-refractivity contribution is 0.00352. The molecule has 4 rings (SSSR count). The fourth-order valence-corrected chi connectivity index (χ4v) is 3.69. The third kappa shape index (κ3) is 1.82. The third-order valence-electron chi connectivity index (χ3n) is 5.15. The number of nitrogens with zero attached hydrogens (tertiary/aromatic N) is 1. The van der Waals surface area contributed by atoms with Crippen LogP contribution in [-0.4, -0.2) is 19.8 Å². The zero-order valence-electron chi connectivity index (χ0n) is 11.4. The molecule has 0 spiro atoms. The van der Waals surface area contributed by atoms with E-state index in [0.717, 1.165) is 38.5 Å². The summed E-state index contributed by atoms with van der Waals surface area (Å²) in [4.78, 5) is 2.12. The van der Waals surface area contributed by atoms with Crippen LogP contribution in [0.25, 0.3) is 0 Å². The summed E-state index contributed by atoms with van der Waals surface area (Å²) in [5, 5.41) is 0. The van der Waals surface area contributed by atoms with Crippen LogP contribution in [0.15, 0.2) is 24.3 Å². The van der Waals surface area contributed by atoms with Crippen molar-refractivity contribution in [3.8, 4) is 0 Å². The van der Waals surface area contributed by atoms with Gasteiger partial charge in [0.1, 0.15) is 5.67 Å². The molecule has 3 saturated carbocycles. The van der Waals surface area contributed by atoms with Gasteiger partial charge in [-0.1, -0.05) is 12.1 Å². The monoisotopic (exact) mass is 247 g/mol. The second-order valence-electron chi connectivity index (χ2n) is 6.37. The first kappa shape index (κ1) is 12.0. The predicted octanol–water partition coefficient (Wildman–Crippen LogP) is 4.07. The van der Waals surface area contributed by atoms with Crippen molar-refractivity contribution in [2.75, 3.05) is 19.0 Å². The van der Waals surface area contributed by atoms with E-state index < -0.39 is 5.67 Å². The molecule has 98 valence electrons. The summed E-state index contributed by atoms with van der Waals surface area (Å²) in [6, 6.07) is 8.89. The van der Waals surface area contributed by atoms with Gasteiger partial charge in [0.2, 0.25) is 0 Å². The van der Waals surface area contributed by atoms with Gasteiger partial charge in [-0.05, 0) is 61.6 Å². The summed E-state index contributed by atoms with van der Waals surface area (Å²) in [5.74, 6) is 0. The van der Waals surface area contributed by atoms with Gasteiger partial charge in [-0.25, -0.2) is 4.39 Å². The molecule has 0 unspecified atom stereocenters. The van der Waals surface area contributed by atoms with E-state index in [4.69, 9.17) is 0 Å². The third-order valence-corrected chi connectivity index (χ3v) is 5.15. The first-order valence-corrected chi connectivity index (χ1v) is 7.00. The summed E-state index contributed by atoms with van der Waals surface area (Å²) < 4.78 is 14.2. The fraction of sp³-hybridized carbons (Fsp3) is 0.625. The first-order valence-electron chi connectivity index (χ1n) is 7.00. The van der Waals surface area contributed by atoms with E-state index >= 15 is 0 Å². The Morgan fingerprint density at radius 2 is 1.39 bits per heavy atom. The Morgan fingerprint density at radius 1 is 0.889 bits per heavy atom. The molecule has 2 bridgehead atoms. The maximum absolute atomic E-state index is 14.2. The summed E-state index contributed by atoms with van der Waals surface area (Å²) in [7, 11) is 4.12. The molecule has 0 saturated heterocycles. The second kappa shape index (κ2) is 3.97. The molecule has 0 N–H and O–H groups in total. The summed E-state index contributed by atoms with van der Waals surface area (Å²) in [6.45, 7) is 0. The van der Waals surface area contributed by atoms with E-state index in [9.17, 15) is 4.39 Å². The molecular weight excluding hydrogens is 225 g/mol. The summed E-state index contributed by atoms with van der Waals surface area (Å²) >= 11 is 0. The average molecular weight is 247 g/mol. The van der Waals surface area contributed by atoms with Crippen molar-refractivity contribution in [2.45, 2.75) is 49.6 Å². The number of rotatable bonds is 2. The maximum Gasteiger partial charge on any atom is 0.111 e. The zero-order chi connectivity index (χ0) is 12.8. The largest absolute Gasteiger partial charge is 0.378 e. The van der Waals surface area contributed by atoms with Crippen molar-refractivity contribution < 1.29 is 4.39 Å². The van der Waals surface area contributed by atoms with Gasteiger partial charge in [0.25, 0.3) is 0 Å². The van der Waals surface area contributed by atoms with Crippen LogP contribution in [0.5, 0.6) is 0 Å². The number of alkyl halides is 1. The highest BCUT2D eigenvalue weighted by Gasteiger charge is 2.49. The molecule has 1 aromatic carbocycles. The van der Waals surface area contributed by atoms with Gasteiger partial charge in [-0.15, -0.1) is 0 Å². The van der Waals surface area contributed by atoms with Gasteiger partial charge in [-0.3, -0.25) is 0 Å². The van der Waals surface area contributed by atoms with Crippen molar-refractivity contribution in [1.82, 2.24) is 0 Å². The van der Waals surface area contributed by atoms with Gasteiger partial charge in [-0.2, -0.15) is 0 Å². The Bertz CT molecular complexity index is 410. The summed E-state index contributed by atoms with van der Waals surface area (Å²) in [6.07, 6.45) is 5.40. The topological polar surface area (TPSA) is 3.24 Å². The molecule has 0 atom stereocenters. The van der Waals surface area contributed by atoms with Gasteiger partial charge in [0.05, 0.1) is 0 Å². The molecule has 0 aliphatic heterocycles. The van der Waals surface area contributed by atoms with Crippen LogP contribution in [-0.2, 0) is 5.41 Å². The highest BCUT2D eigenvalue weighted by molar-refractivity contribution is 5.47. The van der Waals surface area contributed by atoms with Crippen molar-refractivity contribution in [1.29, 1.82) is 0 Å². The Morgan fingerprint density at radius 3 is 1.83 bits per heavy atom. The SMILES string of the molecule is CN(C)c1ccc(C23CCC(F)(CC2)CC3)cc1.